The van der Waals surface area contributed by atoms with Crippen LogP contribution in [-0.4, -0.2) is 40.6 Å². The van der Waals surface area contributed by atoms with E-state index in [9.17, 15) is 9.59 Å². The van der Waals surface area contributed by atoms with Crippen molar-refractivity contribution >= 4 is 11.6 Å². The van der Waals surface area contributed by atoms with Crippen LogP contribution in [0.1, 0.15) is 69.9 Å². The summed E-state index contributed by atoms with van der Waals surface area (Å²) in [6.07, 6.45) is 2.56. The second-order valence-corrected chi connectivity index (χ2v) is 7.90. The van der Waals surface area contributed by atoms with Crippen molar-refractivity contribution in [3.8, 4) is 0 Å². The summed E-state index contributed by atoms with van der Waals surface area (Å²) >= 11 is 0. The quantitative estimate of drug-likeness (QED) is 0.683. The maximum Gasteiger partial charge on any atom is 0.195 e. The van der Waals surface area contributed by atoms with Gasteiger partial charge in [0.1, 0.15) is 0 Å². The summed E-state index contributed by atoms with van der Waals surface area (Å²) in [6.45, 7) is 11.1. The van der Waals surface area contributed by atoms with Gasteiger partial charge in [0.05, 0.1) is 11.7 Å². The van der Waals surface area contributed by atoms with Gasteiger partial charge in [0.2, 0.25) is 0 Å². The molecule has 0 aliphatic carbocycles. The van der Waals surface area contributed by atoms with Crippen molar-refractivity contribution in [2.24, 2.45) is 0 Å². The third-order valence-electron chi connectivity index (χ3n) is 5.74. The second kappa shape index (κ2) is 8.84. The molecule has 1 saturated heterocycles. The molecular formula is C23H31N3O2. The number of aromatic nitrogens is 1. The lowest BCUT2D eigenvalue weighted by atomic mass is 10.0. The number of aromatic amines is 1. The summed E-state index contributed by atoms with van der Waals surface area (Å²) in [6, 6.07) is 8.11. The Labute approximate surface area is 167 Å². The van der Waals surface area contributed by atoms with E-state index in [2.05, 4.69) is 39.5 Å². The van der Waals surface area contributed by atoms with Crippen LogP contribution in [0.15, 0.2) is 24.3 Å². The van der Waals surface area contributed by atoms with Crippen molar-refractivity contribution < 1.29 is 9.59 Å². The van der Waals surface area contributed by atoms with Crippen molar-refractivity contribution in [3.63, 3.8) is 0 Å². The summed E-state index contributed by atoms with van der Waals surface area (Å²) in [4.78, 5) is 30.4. The predicted octanol–water partition coefficient (Wildman–Crippen LogP) is 3.79. The van der Waals surface area contributed by atoms with Crippen LogP contribution in [-0.2, 0) is 13.1 Å². The molecule has 0 bridgehead atoms. The smallest absolute Gasteiger partial charge is 0.195 e. The molecule has 0 saturated carbocycles. The zero-order chi connectivity index (χ0) is 20.3. The first-order valence-corrected chi connectivity index (χ1v) is 10.1. The zero-order valence-corrected chi connectivity index (χ0v) is 17.4. The molecule has 1 aromatic heterocycles. The molecule has 0 spiro atoms. The van der Waals surface area contributed by atoms with Gasteiger partial charge in [0, 0.05) is 24.3 Å². The zero-order valence-electron chi connectivity index (χ0n) is 17.4. The largest absolute Gasteiger partial charge is 0.355 e. The number of H-pyrrole nitrogens is 1. The average Bonchev–Trinajstić information content (AvgIpc) is 3.27. The Bertz CT molecular complexity index is 863. The van der Waals surface area contributed by atoms with Gasteiger partial charge in [-0.2, -0.15) is 0 Å². The Kier molecular flexibility index (Phi) is 6.47. The number of rotatable bonds is 8. The molecule has 0 radical (unpaired) electrons. The SMILES string of the molecule is CC(=O)c1c(C)[nH]c(C(=O)[C@H](C)NCc2ccccc2CN2CCCC2)c1C. The van der Waals surface area contributed by atoms with E-state index in [1.54, 1.807) is 0 Å². The van der Waals surface area contributed by atoms with E-state index < -0.39 is 0 Å². The molecule has 2 heterocycles. The van der Waals surface area contributed by atoms with E-state index in [1.807, 2.05) is 20.8 Å². The molecule has 2 aromatic rings. The van der Waals surface area contributed by atoms with Crippen LogP contribution in [0.5, 0.6) is 0 Å². The molecular weight excluding hydrogens is 350 g/mol. The standard InChI is InChI=1S/C23H31N3O2/c1-15-21(18(4)27)16(2)25-22(15)23(28)17(3)24-13-19-9-5-6-10-20(19)14-26-11-7-8-12-26/h5-6,9-10,17,24-25H,7-8,11-14H2,1-4H3/t17-/m0/s1. The number of carbonyl (C=O) groups is 2. The van der Waals surface area contributed by atoms with E-state index in [-0.39, 0.29) is 17.6 Å². The number of hydrogen-bond acceptors (Lipinski definition) is 4. The topological polar surface area (TPSA) is 65.2 Å². The number of carbonyl (C=O) groups excluding carboxylic acids is 2. The summed E-state index contributed by atoms with van der Waals surface area (Å²) < 4.78 is 0. The Hall–Kier alpha value is -2.24. The summed E-state index contributed by atoms with van der Waals surface area (Å²) in [5.41, 5.74) is 5.23. The highest BCUT2D eigenvalue weighted by molar-refractivity contribution is 6.05. The number of likely N-dealkylation sites (tertiary alicyclic amines) is 1. The molecule has 28 heavy (non-hydrogen) atoms. The van der Waals surface area contributed by atoms with Crippen LogP contribution >= 0.6 is 0 Å². The minimum atomic E-state index is -0.337. The van der Waals surface area contributed by atoms with Gasteiger partial charge in [-0.15, -0.1) is 0 Å². The molecule has 2 N–H and O–H groups in total. The molecule has 0 amide bonds. The van der Waals surface area contributed by atoms with Crippen molar-refractivity contribution in [1.29, 1.82) is 0 Å². The Morgan fingerprint density at radius 1 is 1.14 bits per heavy atom. The fraction of sp³-hybridized carbons (Fsp3) is 0.478. The summed E-state index contributed by atoms with van der Waals surface area (Å²) in [7, 11) is 0. The minimum Gasteiger partial charge on any atom is -0.355 e. The molecule has 1 atom stereocenters. The first kappa shape index (κ1) is 20.5. The van der Waals surface area contributed by atoms with Gasteiger partial charge in [-0.1, -0.05) is 24.3 Å². The van der Waals surface area contributed by atoms with Crippen molar-refractivity contribution in [2.75, 3.05) is 13.1 Å². The molecule has 3 rings (SSSR count). The number of benzene rings is 1. The number of aryl methyl sites for hydroxylation is 1. The van der Waals surface area contributed by atoms with E-state index in [4.69, 9.17) is 0 Å². The minimum absolute atomic E-state index is 0.00914. The van der Waals surface area contributed by atoms with Gasteiger partial charge in [0.25, 0.3) is 0 Å². The highest BCUT2D eigenvalue weighted by Gasteiger charge is 2.23. The molecule has 5 heteroatoms. The van der Waals surface area contributed by atoms with E-state index >= 15 is 0 Å². The number of Topliss-reactive ketones (excluding diaryl/α,β-unsaturated/α-hetero) is 2. The van der Waals surface area contributed by atoms with Gasteiger partial charge in [-0.3, -0.25) is 14.5 Å². The van der Waals surface area contributed by atoms with Crippen molar-refractivity contribution in [3.05, 3.63) is 57.9 Å². The Balaban J connectivity index is 1.67. The summed E-state index contributed by atoms with van der Waals surface area (Å²) in [5, 5.41) is 3.37. The number of nitrogens with zero attached hydrogens (tertiary/aromatic N) is 1. The van der Waals surface area contributed by atoms with Gasteiger partial charge < -0.3 is 10.3 Å². The molecule has 150 valence electrons. The normalized spacial score (nSPS) is 15.7. The maximum atomic E-state index is 12.9. The second-order valence-electron chi connectivity index (χ2n) is 7.90. The van der Waals surface area contributed by atoms with Crippen LogP contribution in [0.25, 0.3) is 0 Å². The van der Waals surface area contributed by atoms with Crippen molar-refractivity contribution in [1.82, 2.24) is 15.2 Å². The van der Waals surface area contributed by atoms with Crippen LogP contribution in [0.3, 0.4) is 0 Å². The van der Waals surface area contributed by atoms with Crippen LogP contribution < -0.4 is 5.32 Å². The third-order valence-corrected chi connectivity index (χ3v) is 5.74. The van der Waals surface area contributed by atoms with Crippen molar-refractivity contribution in [2.45, 2.75) is 59.7 Å². The average molecular weight is 382 g/mol. The molecule has 1 aliphatic rings. The fourth-order valence-electron chi connectivity index (χ4n) is 4.16. The molecule has 0 unspecified atom stereocenters. The van der Waals surface area contributed by atoms with E-state index in [1.165, 1.54) is 44.0 Å². The molecule has 1 fully saturated rings. The lowest BCUT2D eigenvalue weighted by Gasteiger charge is -2.19. The molecule has 5 nitrogen and oxygen atoms in total. The lowest BCUT2D eigenvalue weighted by molar-refractivity contribution is 0.0945. The van der Waals surface area contributed by atoms with E-state index in [0.29, 0.717) is 17.8 Å². The fourth-order valence-corrected chi connectivity index (χ4v) is 4.16. The highest BCUT2D eigenvalue weighted by atomic mass is 16.1. The first-order valence-electron chi connectivity index (χ1n) is 10.1. The maximum absolute atomic E-state index is 12.9. The number of hydrogen-bond donors (Lipinski definition) is 2. The monoisotopic (exact) mass is 381 g/mol. The predicted molar refractivity (Wildman–Crippen MR) is 112 cm³/mol. The summed E-state index contributed by atoms with van der Waals surface area (Å²) in [5.74, 6) is -0.0214. The van der Waals surface area contributed by atoms with Gasteiger partial charge >= 0.3 is 0 Å². The third kappa shape index (κ3) is 4.42. The van der Waals surface area contributed by atoms with E-state index in [0.717, 1.165) is 17.8 Å². The molecule has 1 aliphatic heterocycles. The van der Waals surface area contributed by atoms with Gasteiger partial charge in [-0.05, 0) is 70.3 Å². The molecule has 1 aromatic carbocycles. The Morgan fingerprint density at radius 3 is 2.39 bits per heavy atom. The number of nitrogens with one attached hydrogen (secondary N) is 2. The first-order chi connectivity index (χ1) is 13.4. The highest BCUT2D eigenvalue weighted by Crippen LogP contribution is 2.20. The van der Waals surface area contributed by atoms with Gasteiger partial charge in [0.15, 0.2) is 11.6 Å². The number of ketones is 2. The van der Waals surface area contributed by atoms with Crippen LogP contribution in [0.4, 0.5) is 0 Å². The Morgan fingerprint density at radius 2 is 1.79 bits per heavy atom. The lowest BCUT2D eigenvalue weighted by Crippen LogP contribution is -2.34. The van der Waals surface area contributed by atoms with Crippen LogP contribution in [0.2, 0.25) is 0 Å². The van der Waals surface area contributed by atoms with Crippen LogP contribution in [0, 0.1) is 13.8 Å². The van der Waals surface area contributed by atoms with Gasteiger partial charge in [-0.25, -0.2) is 0 Å².